The maximum Gasteiger partial charge on any atom is 0.315 e. The minimum absolute atomic E-state index is 0.123. The number of rotatable bonds is 7. The van der Waals surface area contributed by atoms with Crippen LogP contribution in [0.2, 0.25) is 0 Å². The van der Waals surface area contributed by atoms with Gasteiger partial charge in [-0.2, -0.15) is 0 Å². The fourth-order valence-electron chi connectivity index (χ4n) is 2.35. The molecule has 3 N–H and O–H groups in total. The first-order valence-electron chi connectivity index (χ1n) is 7.80. The Balaban J connectivity index is 1.81. The summed E-state index contributed by atoms with van der Waals surface area (Å²) >= 11 is 0. The SMILES string of the molecule is C=CCNC(=O)NCc1cccc(C(=O)NCC2CCCO2)c1. The summed E-state index contributed by atoms with van der Waals surface area (Å²) in [5.74, 6) is -0.126. The van der Waals surface area contributed by atoms with Crippen molar-refractivity contribution >= 4 is 11.9 Å². The van der Waals surface area contributed by atoms with Gasteiger partial charge >= 0.3 is 6.03 Å². The third-order valence-corrected chi connectivity index (χ3v) is 3.56. The summed E-state index contributed by atoms with van der Waals surface area (Å²) in [6, 6.07) is 6.94. The number of hydrogen-bond donors (Lipinski definition) is 3. The van der Waals surface area contributed by atoms with E-state index in [0.29, 0.717) is 25.2 Å². The average molecular weight is 317 g/mol. The fourth-order valence-corrected chi connectivity index (χ4v) is 2.35. The van der Waals surface area contributed by atoms with E-state index in [1.54, 1.807) is 24.3 Å². The monoisotopic (exact) mass is 317 g/mol. The van der Waals surface area contributed by atoms with Crippen molar-refractivity contribution in [1.82, 2.24) is 16.0 Å². The van der Waals surface area contributed by atoms with Crippen LogP contribution in [0.15, 0.2) is 36.9 Å². The summed E-state index contributed by atoms with van der Waals surface area (Å²) in [6.07, 6.45) is 3.77. The van der Waals surface area contributed by atoms with E-state index in [4.69, 9.17) is 4.74 Å². The predicted molar refractivity (Wildman–Crippen MR) is 88.2 cm³/mol. The van der Waals surface area contributed by atoms with Crippen molar-refractivity contribution in [2.24, 2.45) is 0 Å². The summed E-state index contributed by atoms with van der Waals surface area (Å²) < 4.78 is 5.48. The molecule has 23 heavy (non-hydrogen) atoms. The van der Waals surface area contributed by atoms with Crippen molar-refractivity contribution < 1.29 is 14.3 Å². The zero-order valence-electron chi connectivity index (χ0n) is 13.1. The Bertz CT molecular complexity index is 554. The Hall–Kier alpha value is -2.34. The van der Waals surface area contributed by atoms with Crippen LogP contribution in [0.3, 0.4) is 0 Å². The molecular weight excluding hydrogens is 294 g/mol. The Morgan fingerprint density at radius 1 is 1.30 bits per heavy atom. The van der Waals surface area contributed by atoms with Crippen molar-refractivity contribution in [2.45, 2.75) is 25.5 Å². The minimum Gasteiger partial charge on any atom is -0.376 e. The molecule has 1 aromatic carbocycles. The van der Waals surface area contributed by atoms with Crippen LogP contribution < -0.4 is 16.0 Å². The molecule has 1 aliphatic heterocycles. The van der Waals surface area contributed by atoms with E-state index in [0.717, 1.165) is 25.0 Å². The van der Waals surface area contributed by atoms with Crippen molar-refractivity contribution in [3.63, 3.8) is 0 Å². The van der Waals surface area contributed by atoms with Gasteiger partial charge < -0.3 is 20.7 Å². The second-order valence-electron chi connectivity index (χ2n) is 5.40. The highest BCUT2D eigenvalue weighted by molar-refractivity contribution is 5.94. The number of hydrogen-bond acceptors (Lipinski definition) is 3. The lowest BCUT2D eigenvalue weighted by Gasteiger charge is -2.11. The molecule has 1 fully saturated rings. The van der Waals surface area contributed by atoms with Gasteiger partial charge in [-0.3, -0.25) is 4.79 Å². The molecule has 124 valence electrons. The van der Waals surface area contributed by atoms with Crippen molar-refractivity contribution in [3.8, 4) is 0 Å². The molecule has 1 saturated heterocycles. The number of ether oxygens (including phenoxy) is 1. The molecule has 0 aliphatic carbocycles. The van der Waals surface area contributed by atoms with Crippen LogP contribution in [0.4, 0.5) is 4.79 Å². The number of amides is 3. The van der Waals surface area contributed by atoms with Gasteiger partial charge in [-0.05, 0) is 30.5 Å². The third kappa shape index (κ3) is 5.75. The highest BCUT2D eigenvalue weighted by Crippen LogP contribution is 2.11. The number of nitrogens with one attached hydrogen (secondary N) is 3. The van der Waals surface area contributed by atoms with Crippen LogP contribution in [0.1, 0.15) is 28.8 Å². The van der Waals surface area contributed by atoms with E-state index in [-0.39, 0.29) is 18.0 Å². The fraction of sp³-hybridized carbons (Fsp3) is 0.412. The molecule has 1 aromatic rings. The molecule has 0 bridgehead atoms. The highest BCUT2D eigenvalue weighted by Gasteiger charge is 2.16. The van der Waals surface area contributed by atoms with E-state index >= 15 is 0 Å². The number of benzene rings is 1. The van der Waals surface area contributed by atoms with E-state index in [2.05, 4.69) is 22.5 Å². The first kappa shape index (κ1) is 17.0. The molecule has 1 aliphatic rings. The maximum atomic E-state index is 12.2. The highest BCUT2D eigenvalue weighted by atomic mass is 16.5. The summed E-state index contributed by atoms with van der Waals surface area (Å²) in [7, 11) is 0. The Morgan fingerprint density at radius 3 is 2.91 bits per heavy atom. The van der Waals surface area contributed by atoms with E-state index in [1.165, 1.54) is 0 Å². The van der Waals surface area contributed by atoms with Crippen molar-refractivity contribution in [3.05, 3.63) is 48.0 Å². The van der Waals surface area contributed by atoms with Gasteiger partial charge in [-0.15, -0.1) is 6.58 Å². The Kier molecular flexibility index (Phi) is 6.62. The topological polar surface area (TPSA) is 79.5 Å². The Morgan fingerprint density at radius 2 is 2.17 bits per heavy atom. The van der Waals surface area contributed by atoms with Gasteiger partial charge in [-0.1, -0.05) is 18.2 Å². The lowest BCUT2D eigenvalue weighted by Crippen LogP contribution is -2.35. The molecule has 1 unspecified atom stereocenters. The van der Waals surface area contributed by atoms with Gasteiger partial charge in [-0.25, -0.2) is 4.79 Å². The first-order valence-corrected chi connectivity index (χ1v) is 7.80. The predicted octanol–water partition coefficient (Wildman–Crippen LogP) is 1.58. The second kappa shape index (κ2) is 8.95. The average Bonchev–Trinajstić information content (AvgIpc) is 3.09. The van der Waals surface area contributed by atoms with Crippen LogP contribution in [-0.4, -0.2) is 37.7 Å². The van der Waals surface area contributed by atoms with Gasteiger partial charge in [0.1, 0.15) is 0 Å². The molecule has 6 heteroatoms. The van der Waals surface area contributed by atoms with Crippen LogP contribution in [0, 0.1) is 0 Å². The molecule has 0 saturated carbocycles. The van der Waals surface area contributed by atoms with Gasteiger partial charge in [0, 0.05) is 31.8 Å². The molecule has 6 nitrogen and oxygen atoms in total. The minimum atomic E-state index is -0.266. The van der Waals surface area contributed by atoms with Crippen LogP contribution in [0.25, 0.3) is 0 Å². The Labute approximate surface area is 136 Å². The maximum absolute atomic E-state index is 12.2. The third-order valence-electron chi connectivity index (χ3n) is 3.56. The van der Waals surface area contributed by atoms with Crippen molar-refractivity contribution in [2.75, 3.05) is 19.7 Å². The zero-order chi connectivity index (χ0) is 16.5. The number of carbonyl (C=O) groups excluding carboxylic acids is 2. The van der Waals surface area contributed by atoms with E-state index in [9.17, 15) is 9.59 Å². The number of urea groups is 1. The van der Waals surface area contributed by atoms with Crippen LogP contribution >= 0.6 is 0 Å². The number of carbonyl (C=O) groups is 2. The van der Waals surface area contributed by atoms with E-state index in [1.807, 2.05) is 6.07 Å². The summed E-state index contributed by atoms with van der Waals surface area (Å²) in [6.45, 7) is 5.61. The van der Waals surface area contributed by atoms with Gasteiger partial charge in [0.15, 0.2) is 0 Å². The van der Waals surface area contributed by atoms with E-state index < -0.39 is 0 Å². The lowest BCUT2D eigenvalue weighted by atomic mass is 10.1. The van der Waals surface area contributed by atoms with Gasteiger partial charge in [0.05, 0.1) is 6.10 Å². The van der Waals surface area contributed by atoms with Crippen molar-refractivity contribution in [1.29, 1.82) is 0 Å². The largest absolute Gasteiger partial charge is 0.376 e. The summed E-state index contributed by atoms with van der Waals surface area (Å²) in [5, 5.41) is 8.24. The smallest absolute Gasteiger partial charge is 0.315 e. The normalized spacial score (nSPS) is 16.6. The summed E-state index contributed by atoms with van der Waals surface area (Å²) in [5.41, 5.74) is 1.44. The zero-order valence-corrected chi connectivity index (χ0v) is 13.1. The molecule has 2 rings (SSSR count). The molecule has 0 spiro atoms. The van der Waals surface area contributed by atoms with Gasteiger partial charge in [0.25, 0.3) is 5.91 Å². The first-order chi connectivity index (χ1) is 11.2. The molecular formula is C17H23N3O3. The molecule has 0 aromatic heterocycles. The summed E-state index contributed by atoms with van der Waals surface area (Å²) in [4.78, 5) is 23.6. The molecule has 1 atom stereocenters. The lowest BCUT2D eigenvalue weighted by molar-refractivity contribution is 0.0857. The van der Waals surface area contributed by atoms with Gasteiger partial charge in [0.2, 0.25) is 0 Å². The van der Waals surface area contributed by atoms with Crippen LogP contribution in [0.5, 0.6) is 0 Å². The molecule has 3 amide bonds. The molecule has 1 heterocycles. The van der Waals surface area contributed by atoms with Crippen LogP contribution in [-0.2, 0) is 11.3 Å². The molecule has 0 radical (unpaired) electrons. The quantitative estimate of drug-likeness (QED) is 0.668. The second-order valence-corrected chi connectivity index (χ2v) is 5.40. The standard InChI is InChI=1S/C17H23N3O3/c1-2-8-18-17(22)20-11-13-5-3-6-14(10-13)16(21)19-12-15-7-4-9-23-15/h2-3,5-6,10,15H,1,4,7-9,11-12H2,(H,19,21)(H2,18,20,22).